The van der Waals surface area contributed by atoms with Gasteiger partial charge in [0.15, 0.2) is 0 Å². The lowest BCUT2D eigenvalue weighted by Crippen LogP contribution is -2.48. The minimum atomic E-state index is -0.576. The van der Waals surface area contributed by atoms with Gasteiger partial charge in [0.05, 0.1) is 0 Å². The van der Waals surface area contributed by atoms with Crippen LogP contribution in [0.5, 0.6) is 0 Å². The molecule has 1 rings (SSSR count). The highest BCUT2D eigenvalue weighted by molar-refractivity contribution is 5.93. The van der Waals surface area contributed by atoms with E-state index in [-0.39, 0.29) is 18.0 Å². The molecule has 0 spiro atoms. The SMILES string of the molecule is CCc1cccc(NC(=O)NC(C)C(=O)NC(C)CC)c1. The zero-order chi connectivity index (χ0) is 15.8. The van der Waals surface area contributed by atoms with E-state index < -0.39 is 6.04 Å². The molecule has 3 amide bonds. The van der Waals surface area contributed by atoms with E-state index in [1.165, 1.54) is 0 Å². The summed E-state index contributed by atoms with van der Waals surface area (Å²) in [6.45, 7) is 7.65. The lowest BCUT2D eigenvalue weighted by molar-refractivity contribution is -0.123. The molecule has 2 atom stereocenters. The van der Waals surface area contributed by atoms with E-state index in [2.05, 4.69) is 22.9 Å². The first kappa shape index (κ1) is 17.0. The Morgan fingerprint density at radius 1 is 1.14 bits per heavy atom. The molecule has 2 unspecified atom stereocenters. The molecule has 5 heteroatoms. The van der Waals surface area contributed by atoms with Crippen LogP contribution >= 0.6 is 0 Å². The van der Waals surface area contributed by atoms with Crippen LogP contribution in [0.25, 0.3) is 0 Å². The second-order valence-corrected chi connectivity index (χ2v) is 5.19. The van der Waals surface area contributed by atoms with Crippen molar-refractivity contribution >= 4 is 17.6 Å². The van der Waals surface area contributed by atoms with Crippen LogP contribution in [0.1, 0.15) is 39.7 Å². The number of benzene rings is 1. The molecule has 0 aliphatic heterocycles. The summed E-state index contributed by atoms with van der Waals surface area (Å²) in [7, 11) is 0. The van der Waals surface area contributed by atoms with Gasteiger partial charge in [0.25, 0.3) is 0 Å². The van der Waals surface area contributed by atoms with E-state index in [0.717, 1.165) is 24.1 Å². The molecule has 0 aromatic heterocycles. The highest BCUT2D eigenvalue weighted by atomic mass is 16.2. The Bertz CT molecular complexity index is 488. The number of carbonyl (C=O) groups excluding carboxylic acids is 2. The van der Waals surface area contributed by atoms with Gasteiger partial charge in [-0.3, -0.25) is 4.79 Å². The summed E-state index contributed by atoms with van der Waals surface area (Å²) in [6.07, 6.45) is 1.76. The summed E-state index contributed by atoms with van der Waals surface area (Å²) < 4.78 is 0. The molecular formula is C16H25N3O2. The van der Waals surface area contributed by atoms with Crippen molar-refractivity contribution in [2.45, 2.75) is 52.6 Å². The summed E-state index contributed by atoms with van der Waals surface area (Å²) in [6, 6.07) is 6.79. The summed E-state index contributed by atoms with van der Waals surface area (Å²) in [4.78, 5) is 23.7. The zero-order valence-corrected chi connectivity index (χ0v) is 13.2. The molecule has 1 aromatic carbocycles. The molecule has 0 saturated heterocycles. The molecule has 0 fully saturated rings. The first-order chi connectivity index (χ1) is 9.96. The molecule has 21 heavy (non-hydrogen) atoms. The van der Waals surface area contributed by atoms with Crippen LogP contribution in [0.3, 0.4) is 0 Å². The maximum Gasteiger partial charge on any atom is 0.319 e. The Morgan fingerprint density at radius 3 is 2.48 bits per heavy atom. The summed E-state index contributed by atoms with van der Waals surface area (Å²) >= 11 is 0. The van der Waals surface area contributed by atoms with Gasteiger partial charge in [-0.05, 0) is 44.4 Å². The minimum Gasteiger partial charge on any atom is -0.352 e. The zero-order valence-electron chi connectivity index (χ0n) is 13.2. The van der Waals surface area contributed by atoms with Crippen molar-refractivity contribution in [3.63, 3.8) is 0 Å². The van der Waals surface area contributed by atoms with Crippen LogP contribution < -0.4 is 16.0 Å². The van der Waals surface area contributed by atoms with E-state index in [9.17, 15) is 9.59 Å². The van der Waals surface area contributed by atoms with Crippen molar-refractivity contribution in [3.05, 3.63) is 29.8 Å². The minimum absolute atomic E-state index is 0.103. The fourth-order valence-corrected chi connectivity index (χ4v) is 1.77. The molecule has 1 aromatic rings. The summed E-state index contributed by atoms with van der Waals surface area (Å²) in [5, 5.41) is 8.21. The fourth-order valence-electron chi connectivity index (χ4n) is 1.77. The van der Waals surface area contributed by atoms with Gasteiger partial charge in [0.1, 0.15) is 6.04 Å². The first-order valence-corrected chi connectivity index (χ1v) is 7.43. The largest absolute Gasteiger partial charge is 0.352 e. The van der Waals surface area contributed by atoms with Gasteiger partial charge in [-0.25, -0.2) is 4.79 Å². The monoisotopic (exact) mass is 291 g/mol. The highest BCUT2D eigenvalue weighted by Gasteiger charge is 2.16. The standard InChI is InChI=1S/C16H25N3O2/c1-5-11(3)17-15(20)12(4)18-16(21)19-14-9-7-8-13(6-2)10-14/h7-12H,5-6H2,1-4H3,(H,17,20)(H2,18,19,21). The normalized spacial score (nSPS) is 13.1. The number of hydrogen-bond acceptors (Lipinski definition) is 2. The fraction of sp³-hybridized carbons (Fsp3) is 0.500. The van der Waals surface area contributed by atoms with E-state index in [1.807, 2.05) is 38.1 Å². The number of aryl methyl sites for hydroxylation is 1. The smallest absolute Gasteiger partial charge is 0.319 e. The Kier molecular flexibility index (Phi) is 6.72. The molecular weight excluding hydrogens is 266 g/mol. The topological polar surface area (TPSA) is 70.2 Å². The average Bonchev–Trinajstić information content (AvgIpc) is 2.46. The molecule has 0 saturated carbocycles. The van der Waals surface area contributed by atoms with Crippen LogP contribution in [0.4, 0.5) is 10.5 Å². The number of hydrogen-bond donors (Lipinski definition) is 3. The van der Waals surface area contributed by atoms with Gasteiger partial charge in [-0.15, -0.1) is 0 Å². The Labute approximate surface area is 126 Å². The van der Waals surface area contributed by atoms with Gasteiger partial charge < -0.3 is 16.0 Å². The third kappa shape index (κ3) is 5.85. The number of urea groups is 1. The third-order valence-electron chi connectivity index (χ3n) is 3.34. The predicted octanol–water partition coefficient (Wildman–Crippen LogP) is 2.67. The van der Waals surface area contributed by atoms with E-state index in [1.54, 1.807) is 6.92 Å². The van der Waals surface area contributed by atoms with Gasteiger partial charge in [-0.1, -0.05) is 26.0 Å². The molecule has 116 valence electrons. The van der Waals surface area contributed by atoms with Gasteiger partial charge in [0, 0.05) is 11.7 Å². The highest BCUT2D eigenvalue weighted by Crippen LogP contribution is 2.10. The molecule has 0 bridgehead atoms. The predicted molar refractivity (Wildman–Crippen MR) is 85.3 cm³/mol. The van der Waals surface area contributed by atoms with Gasteiger partial charge in [0.2, 0.25) is 5.91 Å². The molecule has 0 heterocycles. The maximum atomic E-state index is 11.9. The van der Waals surface area contributed by atoms with Crippen molar-refractivity contribution in [3.8, 4) is 0 Å². The van der Waals surface area contributed by atoms with Crippen molar-refractivity contribution in [1.29, 1.82) is 0 Å². The van der Waals surface area contributed by atoms with Crippen LogP contribution in [0.2, 0.25) is 0 Å². The van der Waals surface area contributed by atoms with Crippen LogP contribution in [0, 0.1) is 0 Å². The van der Waals surface area contributed by atoms with Gasteiger partial charge in [-0.2, -0.15) is 0 Å². The quantitative estimate of drug-likeness (QED) is 0.754. The van der Waals surface area contributed by atoms with Crippen molar-refractivity contribution in [2.75, 3.05) is 5.32 Å². The Balaban J connectivity index is 2.50. The lowest BCUT2D eigenvalue weighted by Gasteiger charge is -2.17. The van der Waals surface area contributed by atoms with Crippen molar-refractivity contribution in [1.82, 2.24) is 10.6 Å². The first-order valence-electron chi connectivity index (χ1n) is 7.43. The van der Waals surface area contributed by atoms with Crippen LogP contribution in [-0.2, 0) is 11.2 Å². The Hall–Kier alpha value is -2.04. The second kappa shape index (κ2) is 8.29. The number of amides is 3. The molecule has 0 aliphatic rings. The summed E-state index contributed by atoms with van der Waals surface area (Å²) in [5.74, 6) is -0.179. The summed E-state index contributed by atoms with van der Waals surface area (Å²) in [5.41, 5.74) is 1.87. The number of nitrogens with one attached hydrogen (secondary N) is 3. The number of rotatable bonds is 6. The van der Waals surface area contributed by atoms with E-state index in [4.69, 9.17) is 0 Å². The van der Waals surface area contributed by atoms with Crippen LogP contribution in [0.15, 0.2) is 24.3 Å². The third-order valence-corrected chi connectivity index (χ3v) is 3.34. The van der Waals surface area contributed by atoms with E-state index >= 15 is 0 Å². The average molecular weight is 291 g/mol. The maximum absolute atomic E-state index is 11.9. The van der Waals surface area contributed by atoms with Crippen LogP contribution in [-0.4, -0.2) is 24.0 Å². The molecule has 3 N–H and O–H groups in total. The van der Waals surface area contributed by atoms with E-state index in [0.29, 0.717) is 0 Å². The second-order valence-electron chi connectivity index (χ2n) is 5.19. The van der Waals surface area contributed by atoms with Crippen molar-refractivity contribution < 1.29 is 9.59 Å². The van der Waals surface area contributed by atoms with Crippen molar-refractivity contribution in [2.24, 2.45) is 0 Å². The Morgan fingerprint density at radius 2 is 1.86 bits per heavy atom. The van der Waals surface area contributed by atoms with Gasteiger partial charge >= 0.3 is 6.03 Å². The lowest BCUT2D eigenvalue weighted by atomic mass is 10.1. The number of carbonyl (C=O) groups is 2. The molecule has 0 radical (unpaired) electrons. The molecule has 5 nitrogen and oxygen atoms in total. The number of anilines is 1. The molecule has 0 aliphatic carbocycles.